The van der Waals surface area contributed by atoms with Crippen LogP contribution in [0.15, 0.2) is 48.5 Å². The molecule has 0 aliphatic rings. The van der Waals surface area contributed by atoms with Gasteiger partial charge < -0.3 is 14.7 Å². The Kier molecular flexibility index (Phi) is 4.78. The van der Waals surface area contributed by atoms with Gasteiger partial charge in [0.15, 0.2) is 11.5 Å². The van der Waals surface area contributed by atoms with Gasteiger partial charge in [-0.05, 0) is 11.6 Å². The number of nitrogens with two attached hydrogens (primary N) is 1. The van der Waals surface area contributed by atoms with Crippen molar-refractivity contribution in [1.29, 1.82) is 0 Å². The molecule has 2 aromatic rings. The average Bonchev–Trinajstić information content (AvgIpc) is 2.46. The third-order valence-electron chi connectivity index (χ3n) is 2.81. The predicted octanol–water partition coefficient (Wildman–Crippen LogP) is 2.40. The first-order chi connectivity index (χ1) is 9.31. The molecule has 0 aromatic heterocycles. The Labute approximate surface area is 112 Å². The van der Waals surface area contributed by atoms with E-state index in [2.05, 4.69) is 4.84 Å². The summed E-state index contributed by atoms with van der Waals surface area (Å²) in [5.74, 6) is 5.61. The molecule has 19 heavy (non-hydrogen) atoms. The van der Waals surface area contributed by atoms with Crippen LogP contribution in [0.1, 0.15) is 11.1 Å². The number of aromatic hydroxyl groups is 1. The van der Waals surface area contributed by atoms with E-state index in [1.807, 2.05) is 42.5 Å². The number of para-hydroxylation sites is 1. The summed E-state index contributed by atoms with van der Waals surface area (Å²) in [4.78, 5) is 4.52. The van der Waals surface area contributed by atoms with Crippen LogP contribution in [0.4, 0.5) is 0 Å². The van der Waals surface area contributed by atoms with Crippen molar-refractivity contribution in [2.45, 2.75) is 13.0 Å². The Bertz CT molecular complexity index is 514. The smallest absolute Gasteiger partial charge is 0.161 e. The summed E-state index contributed by atoms with van der Waals surface area (Å²) in [6.07, 6.45) is 0.546. The van der Waals surface area contributed by atoms with Gasteiger partial charge in [-0.2, -0.15) is 0 Å². The van der Waals surface area contributed by atoms with Crippen LogP contribution in [0.5, 0.6) is 11.5 Å². The standard InChI is InChI=1S/C15H17NO3/c16-19-10-9-13-7-4-8-14(15(13)17)18-11-12-5-2-1-3-6-12/h1-8,17H,9-11,16H2. The summed E-state index contributed by atoms with van der Waals surface area (Å²) < 4.78 is 5.62. The lowest BCUT2D eigenvalue weighted by molar-refractivity contribution is 0.140. The number of hydrogen-bond donors (Lipinski definition) is 2. The minimum atomic E-state index is 0.149. The maximum Gasteiger partial charge on any atom is 0.161 e. The number of hydrogen-bond acceptors (Lipinski definition) is 4. The van der Waals surface area contributed by atoms with Crippen molar-refractivity contribution in [3.8, 4) is 11.5 Å². The van der Waals surface area contributed by atoms with Gasteiger partial charge >= 0.3 is 0 Å². The summed E-state index contributed by atoms with van der Waals surface area (Å²) in [5, 5.41) is 10.1. The molecule has 0 saturated heterocycles. The molecule has 0 saturated carbocycles. The molecule has 0 atom stereocenters. The number of rotatable bonds is 6. The molecule has 4 heteroatoms. The van der Waals surface area contributed by atoms with E-state index >= 15 is 0 Å². The van der Waals surface area contributed by atoms with Crippen LogP contribution in [-0.4, -0.2) is 11.7 Å². The highest BCUT2D eigenvalue weighted by Gasteiger charge is 2.08. The molecule has 3 N–H and O–H groups in total. The van der Waals surface area contributed by atoms with Gasteiger partial charge in [0.05, 0.1) is 6.61 Å². The van der Waals surface area contributed by atoms with Gasteiger partial charge in [-0.1, -0.05) is 42.5 Å². The Morgan fingerprint density at radius 1 is 1.00 bits per heavy atom. The minimum absolute atomic E-state index is 0.149. The molecule has 0 heterocycles. The van der Waals surface area contributed by atoms with Gasteiger partial charge in [0.1, 0.15) is 6.61 Å². The highest BCUT2D eigenvalue weighted by atomic mass is 16.6. The van der Waals surface area contributed by atoms with Crippen LogP contribution in [0, 0.1) is 0 Å². The van der Waals surface area contributed by atoms with Gasteiger partial charge in [-0.3, -0.25) is 0 Å². The molecule has 0 aliphatic carbocycles. The van der Waals surface area contributed by atoms with Crippen molar-refractivity contribution < 1.29 is 14.7 Å². The van der Waals surface area contributed by atoms with E-state index in [9.17, 15) is 5.11 Å². The van der Waals surface area contributed by atoms with E-state index in [1.165, 1.54) is 0 Å². The second-order valence-electron chi connectivity index (χ2n) is 4.16. The van der Waals surface area contributed by atoms with E-state index in [0.717, 1.165) is 11.1 Å². The lowest BCUT2D eigenvalue weighted by Gasteiger charge is -2.11. The first-order valence-corrected chi connectivity index (χ1v) is 6.10. The Morgan fingerprint density at radius 3 is 2.53 bits per heavy atom. The maximum atomic E-state index is 10.1. The Hall–Kier alpha value is -2.04. The van der Waals surface area contributed by atoms with Gasteiger partial charge in [0, 0.05) is 12.0 Å². The number of phenolic OH excluding ortho intramolecular Hbond substituents is 1. The molecule has 4 nitrogen and oxygen atoms in total. The van der Waals surface area contributed by atoms with Gasteiger partial charge in [0.2, 0.25) is 0 Å². The first-order valence-electron chi connectivity index (χ1n) is 6.10. The highest BCUT2D eigenvalue weighted by molar-refractivity contribution is 5.45. The van der Waals surface area contributed by atoms with Crippen LogP contribution >= 0.6 is 0 Å². The normalized spacial score (nSPS) is 10.4. The van der Waals surface area contributed by atoms with Crippen LogP contribution in [0.2, 0.25) is 0 Å². The molecule has 0 aliphatic heterocycles. The van der Waals surface area contributed by atoms with Crippen LogP contribution < -0.4 is 10.6 Å². The molecule has 0 unspecified atom stereocenters. The lowest BCUT2D eigenvalue weighted by Crippen LogP contribution is -2.04. The summed E-state index contributed by atoms with van der Waals surface area (Å²) in [6, 6.07) is 15.2. The fraction of sp³-hybridized carbons (Fsp3) is 0.200. The first kappa shape index (κ1) is 13.4. The zero-order valence-electron chi connectivity index (χ0n) is 10.6. The number of benzene rings is 2. The molecule has 0 fully saturated rings. The van der Waals surface area contributed by atoms with Gasteiger partial charge in [-0.15, -0.1) is 0 Å². The van der Waals surface area contributed by atoms with E-state index in [1.54, 1.807) is 6.07 Å². The zero-order chi connectivity index (χ0) is 13.5. The van der Waals surface area contributed by atoms with Crippen LogP contribution in [0.3, 0.4) is 0 Å². The molecule has 0 radical (unpaired) electrons. The van der Waals surface area contributed by atoms with Crippen molar-refractivity contribution in [1.82, 2.24) is 0 Å². The lowest BCUT2D eigenvalue weighted by atomic mass is 10.1. The topological polar surface area (TPSA) is 64.7 Å². The zero-order valence-corrected chi connectivity index (χ0v) is 10.6. The molecule has 2 rings (SSSR count). The van der Waals surface area contributed by atoms with Crippen molar-refractivity contribution in [3.63, 3.8) is 0 Å². The van der Waals surface area contributed by atoms with Crippen molar-refractivity contribution in [2.75, 3.05) is 6.61 Å². The van der Waals surface area contributed by atoms with Crippen LogP contribution in [-0.2, 0) is 17.9 Å². The monoisotopic (exact) mass is 259 g/mol. The summed E-state index contributed by atoms with van der Waals surface area (Å²) in [7, 11) is 0. The number of ether oxygens (including phenoxy) is 1. The summed E-state index contributed by atoms with van der Waals surface area (Å²) in [5.41, 5.74) is 1.81. The molecule has 2 aromatic carbocycles. The van der Waals surface area contributed by atoms with Crippen molar-refractivity contribution in [3.05, 3.63) is 59.7 Å². The molecule has 0 amide bonds. The fourth-order valence-corrected chi connectivity index (χ4v) is 1.79. The third kappa shape index (κ3) is 3.71. The summed E-state index contributed by atoms with van der Waals surface area (Å²) >= 11 is 0. The van der Waals surface area contributed by atoms with Gasteiger partial charge in [-0.25, -0.2) is 5.90 Å². The predicted molar refractivity (Wildman–Crippen MR) is 72.7 cm³/mol. The number of phenols is 1. The second-order valence-corrected chi connectivity index (χ2v) is 4.16. The Morgan fingerprint density at radius 2 is 1.79 bits per heavy atom. The van der Waals surface area contributed by atoms with E-state index < -0.39 is 0 Å². The SMILES string of the molecule is NOCCc1cccc(OCc2ccccc2)c1O. The van der Waals surface area contributed by atoms with E-state index in [-0.39, 0.29) is 5.75 Å². The Balaban J connectivity index is 2.04. The van der Waals surface area contributed by atoms with E-state index in [0.29, 0.717) is 25.4 Å². The average molecular weight is 259 g/mol. The largest absolute Gasteiger partial charge is 0.504 e. The van der Waals surface area contributed by atoms with Crippen molar-refractivity contribution >= 4 is 0 Å². The third-order valence-corrected chi connectivity index (χ3v) is 2.81. The van der Waals surface area contributed by atoms with Crippen molar-refractivity contribution in [2.24, 2.45) is 5.90 Å². The summed E-state index contributed by atoms with van der Waals surface area (Å²) in [6.45, 7) is 0.779. The highest BCUT2D eigenvalue weighted by Crippen LogP contribution is 2.30. The molecule has 0 spiro atoms. The molecular formula is C15H17NO3. The van der Waals surface area contributed by atoms with E-state index in [4.69, 9.17) is 10.6 Å². The van der Waals surface area contributed by atoms with Crippen LogP contribution in [0.25, 0.3) is 0 Å². The fourth-order valence-electron chi connectivity index (χ4n) is 1.79. The van der Waals surface area contributed by atoms with Gasteiger partial charge in [0.25, 0.3) is 0 Å². The quantitative estimate of drug-likeness (QED) is 0.782. The second kappa shape index (κ2) is 6.78. The molecule has 0 bridgehead atoms. The minimum Gasteiger partial charge on any atom is -0.504 e. The maximum absolute atomic E-state index is 10.1. The molecule has 100 valence electrons. The molecular weight excluding hydrogens is 242 g/mol.